The lowest BCUT2D eigenvalue weighted by molar-refractivity contribution is -0.134. The van der Waals surface area contributed by atoms with E-state index in [1.807, 2.05) is 4.90 Å². The second kappa shape index (κ2) is 5.48. The molecule has 5 nitrogen and oxygen atoms in total. The fourth-order valence-corrected chi connectivity index (χ4v) is 3.84. The molecule has 1 aliphatic heterocycles. The van der Waals surface area contributed by atoms with Crippen LogP contribution in [-0.4, -0.2) is 46.1 Å². The number of hydrogen-bond acceptors (Lipinski definition) is 3. The fraction of sp³-hybridized carbons (Fsp3) is 0.500. The van der Waals surface area contributed by atoms with Crippen LogP contribution in [0.1, 0.15) is 59.2 Å². The number of amides is 3. The first kappa shape index (κ1) is 14.4. The number of hydrogen-bond donors (Lipinski definition) is 0. The molecule has 1 heterocycles. The molecule has 2 aliphatic carbocycles. The van der Waals surface area contributed by atoms with Crippen LogP contribution >= 0.6 is 0 Å². The van der Waals surface area contributed by atoms with Crippen LogP contribution in [-0.2, 0) is 4.79 Å². The summed E-state index contributed by atoms with van der Waals surface area (Å²) in [4.78, 5) is 40.7. The summed E-state index contributed by atoms with van der Waals surface area (Å²) in [6.45, 7) is -0.126. The van der Waals surface area contributed by atoms with Crippen molar-refractivity contribution in [3.05, 3.63) is 35.4 Å². The predicted molar refractivity (Wildman–Crippen MR) is 83.9 cm³/mol. The molecule has 0 atom stereocenters. The Morgan fingerprint density at radius 2 is 1.48 bits per heavy atom. The third-order valence-electron chi connectivity index (χ3n) is 5.12. The van der Waals surface area contributed by atoms with Crippen molar-refractivity contribution < 1.29 is 14.4 Å². The van der Waals surface area contributed by atoms with Crippen molar-refractivity contribution in [3.8, 4) is 0 Å². The minimum Gasteiger partial charge on any atom is -0.335 e. The van der Waals surface area contributed by atoms with Crippen molar-refractivity contribution in [3.63, 3.8) is 0 Å². The second-order valence-corrected chi connectivity index (χ2v) is 6.71. The lowest BCUT2D eigenvalue weighted by Crippen LogP contribution is -2.47. The standard InChI is InChI=1S/C18H20N2O3/c21-16(20(13-9-10-13)12-5-1-2-6-12)11-19-17(22)14-7-3-4-8-15(14)18(19)23/h3-4,7-8,12-13H,1-2,5-6,9-11H2. The molecule has 0 bridgehead atoms. The summed E-state index contributed by atoms with van der Waals surface area (Å²) in [6.07, 6.45) is 6.51. The van der Waals surface area contributed by atoms with Gasteiger partial charge in [0.1, 0.15) is 6.54 Å². The fourth-order valence-electron chi connectivity index (χ4n) is 3.84. The molecule has 0 radical (unpaired) electrons. The molecule has 120 valence electrons. The van der Waals surface area contributed by atoms with E-state index in [9.17, 15) is 14.4 Å². The lowest BCUT2D eigenvalue weighted by Gasteiger charge is -2.30. The molecule has 0 spiro atoms. The van der Waals surface area contributed by atoms with Crippen molar-refractivity contribution in [1.29, 1.82) is 0 Å². The Bertz CT molecular complexity index is 640. The molecular weight excluding hydrogens is 292 g/mol. The van der Waals surface area contributed by atoms with Crippen LogP contribution in [0, 0.1) is 0 Å². The van der Waals surface area contributed by atoms with Crippen LogP contribution in [0.25, 0.3) is 0 Å². The first-order valence-corrected chi connectivity index (χ1v) is 8.43. The van der Waals surface area contributed by atoms with Gasteiger partial charge in [-0.05, 0) is 37.8 Å². The maximum Gasteiger partial charge on any atom is 0.262 e. The third-order valence-corrected chi connectivity index (χ3v) is 5.12. The maximum absolute atomic E-state index is 12.8. The molecule has 1 aromatic rings. The van der Waals surface area contributed by atoms with Gasteiger partial charge < -0.3 is 4.90 Å². The highest BCUT2D eigenvalue weighted by atomic mass is 16.2. The van der Waals surface area contributed by atoms with E-state index in [-0.39, 0.29) is 24.3 Å². The van der Waals surface area contributed by atoms with E-state index in [0.717, 1.165) is 43.4 Å². The smallest absolute Gasteiger partial charge is 0.262 e. The van der Waals surface area contributed by atoms with Gasteiger partial charge in [-0.2, -0.15) is 0 Å². The number of nitrogens with zero attached hydrogens (tertiary/aromatic N) is 2. The highest BCUT2D eigenvalue weighted by Crippen LogP contribution is 2.35. The second-order valence-electron chi connectivity index (χ2n) is 6.71. The van der Waals surface area contributed by atoms with Crippen molar-refractivity contribution in [2.75, 3.05) is 6.54 Å². The quantitative estimate of drug-likeness (QED) is 0.801. The summed E-state index contributed by atoms with van der Waals surface area (Å²) < 4.78 is 0. The van der Waals surface area contributed by atoms with E-state index >= 15 is 0 Å². The van der Waals surface area contributed by atoms with Crippen molar-refractivity contribution in [1.82, 2.24) is 9.80 Å². The maximum atomic E-state index is 12.8. The van der Waals surface area contributed by atoms with Crippen molar-refractivity contribution >= 4 is 17.7 Å². The van der Waals surface area contributed by atoms with Gasteiger partial charge in [0.2, 0.25) is 5.91 Å². The number of carbonyl (C=O) groups excluding carboxylic acids is 3. The first-order chi connectivity index (χ1) is 11.2. The summed E-state index contributed by atoms with van der Waals surface area (Å²) in [5.41, 5.74) is 0.813. The molecule has 0 unspecified atom stereocenters. The summed E-state index contributed by atoms with van der Waals surface area (Å²) in [7, 11) is 0. The van der Waals surface area contributed by atoms with Gasteiger partial charge in [-0.1, -0.05) is 25.0 Å². The molecule has 3 amide bonds. The molecule has 2 fully saturated rings. The van der Waals surface area contributed by atoms with E-state index in [0.29, 0.717) is 23.2 Å². The van der Waals surface area contributed by atoms with Crippen LogP contribution in [0.4, 0.5) is 0 Å². The van der Waals surface area contributed by atoms with Crippen LogP contribution in [0.3, 0.4) is 0 Å². The molecule has 3 aliphatic rings. The van der Waals surface area contributed by atoms with Crippen molar-refractivity contribution in [2.24, 2.45) is 0 Å². The molecule has 0 saturated heterocycles. The molecule has 2 saturated carbocycles. The number of rotatable bonds is 4. The molecule has 0 N–H and O–H groups in total. The number of imide groups is 1. The first-order valence-electron chi connectivity index (χ1n) is 8.43. The number of benzene rings is 1. The van der Waals surface area contributed by atoms with Crippen LogP contribution < -0.4 is 0 Å². The molecule has 1 aromatic carbocycles. The summed E-state index contributed by atoms with van der Waals surface area (Å²) in [5, 5.41) is 0. The normalized spacial score (nSPS) is 21.0. The Labute approximate surface area is 135 Å². The van der Waals surface area contributed by atoms with Crippen molar-refractivity contribution in [2.45, 2.75) is 50.6 Å². The van der Waals surface area contributed by atoms with E-state index in [1.165, 1.54) is 0 Å². The summed E-state index contributed by atoms with van der Waals surface area (Å²) in [5.74, 6) is -0.767. The highest BCUT2D eigenvalue weighted by molar-refractivity contribution is 6.22. The van der Waals surface area contributed by atoms with E-state index in [1.54, 1.807) is 24.3 Å². The Kier molecular flexibility index (Phi) is 3.43. The Morgan fingerprint density at radius 1 is 0.957 bits per heavy atom. The molecule has 23 heavy (non-hydrogen) atoms. The zero-order valence-electron chi connectivity index (χ0n) is 13.0. The molecular formula is C18H20N2O3. The van der Waals surface area contributed by atoms with Gasteiger partial charge in [0, 0.05) is 12.1 Å². The Hall–Kier alpha value is -2.17. The molecule has 4 rings (SSSR count). The van der Waals surface area contributed by atoms with Crippen LogP contribution in [0.2, 0.25) is 0 Å². The van der Waals surface area contributed by atoms with Gasteiger partial charge in [-0.25, -0.2) is 0 Å². The van der Waals surface area contributed by atoms with Gasteiger partial charge in [0.05, 0.1) is 11.1 Å². The zero-order valence-corrected chi connectivity index (χ0v) is 13.0. The number of carbonyl (C=O) groups is 3. The highest BCUT2D eigenvalue weighted by Gasteiger charge is 2.42. The third kappa shape index (κ3) is 2.44. The average molecular weight is 312 g/mol. The average Bonchev–Trinajstić information content (AvgIpc) is 3.19. The zero-order chi connectivity index (χ0) is 16.0. The van der Waals surface area contributed by atoms with E-state index in [4.69, 9.17) is 0 Å². The SMILES string of the molecule is O=C1c2ccccc2C(=O)N1CC(=O)N(C1CCCC1)C1CC1. The van der Waals surface area contributed by atoms with Gasteiger partial charge in [-0.3, -0.25) is 19.3 Å². The summed E-state index contributed by atoms with van der Waals surface area (Å²) in [6, 6.07) is 7.39. The number of fused-ring (bicyclic) bond motifs is 1. The van der Waals surface area contributed by atoms with Gasteiger partial charge >= 0.3 is 0 Å². The van der Waals surface area contributed by atoms with Crippen LogP contribution in [0.5, 0.6) is 0 Å². The van der Waals surface area contributed by atoms with Gasteiger partial charge in [0.15, 0.2) is 0 Å². The minimum atomic E-state index is -0.346. The van der Waals surface area contributed by atoms with Gasteiger partial charge in [-0.15, -0.1) is 0 Å². The Balaban J connectivity index is 1.52. The largest absolute Gasteiger partial charge is 0.335 e. The minimum absolute atomic E-state index is 0.0751. The molecule has 5 heteroatoms. The predicted octanol–water partition coefficient (Wildman–Crippen LogP) is 2.22. The molecule has 0 aromatic heterocycles. The van der Waals surface area contributed by atoms with E-state index < -0.39 is 0 Å². The van der Waals surface area contributed by atoms with E-state index in [2.05, 4.69) is 0 Å². The monoisotopic (exact) mass is 312 g/mol. The topological polar surface area (TPSA) is 57.7 Å². The van der Waals surface area contributed by atoms with Crippen LogP contribution in [0.15, 0.2) is 24.3 Å². The Morgan fingerprint density at radius 3 is 2.00 bits per heavy atom. The van der Waals surface area contributed by atoms with Gasteiger partial charge in [0.25, 0.3) is 11.8 Å². The lowest BCUT2D eigenvalue weighted by atomic mass is 10.1. The summed E-state index contributed by atoms with van der Waals surface area (Å²) >= 11 is 0.